The van der Waals surface area contributed by atoms with E-state index in [-0.39, 0.29) is 11.9 Å². The summed E-state index contributed by atoms with van der Waals surface area (Å²) in [5.74, 6) is -0.695. The number of pyridine rings is 1. The molecule has 1 aliphatic rings. The van der Waals surface area contributed by atoms with Gasteiger partial charge in [-0.2, -0.15) is 5.10 Å². The smallest absolute Gasteiger partial charge is 0.273 e. The maximum absolute atomic E-state index is 12.5. The topological polar surface area (TPSA) is 105 Å². The summed E-state index contributed by atoms with van der Waals surface area (Å²) in [7, 11) is 0. The van der Waals surface area contributed by atoms with E-state index in [0.29, 0.717) is 23.5 Å². The Kier molecular flexibility index (Phi) is 3.39. The van der Waals surface area contributed by atoms with Crippen molar-refractivity contribution < 1.29 is 9.59 Å². The number of carbonyl (C=O) groups excluding carboxylic acids is 2. The molecule has 21 heavy (non-hydrogen) atoms. The van der Waals surface area contributed by atoms with E-state index in [1.807, 2.05) is 0 Å². The highest BCUT2D eigenvalue weighted by atomic mass is 16.2. The van der Waals surface area contributed by atoms with Crippen LogP contribution >= 0.6 is 0 Å². The molecule has 0 spiro atoms. The summed E-state index contributed by atoms with van der Waals surface area (Å²) >= 11 is 0. The molecule has 3 rings (SSSR count). The van der Waals surface area contributed by atoms with Crippen molar-refractivity contribution >= 4 is 11.8 Å². The average Bonchev–Trinajstić information content (AvgIpc) is 3.15. The number of rotatable bonds is 3. The molecule has 7 heteroatoms. The van der Waals surface area contributed by atoms with Crippen LogP contribution in [0.2, 0.25) is 0 Å². The van der Waals surface area contributed by atoms with Gasteiger partial charge in [-0.05, 0) is 25.0 Å². The second-order valence-electron chi connectivity index (χ2n) is 4.93. The summed E-state index contributed by atoms with van der Waals surface area (Å²) in [5.41, 5.74) is 6.67. The monoisotopic (exact) mass is 285 g/mol. The SMILES string of the molecule is NC(=O)c1cn[nH]c1[C@@H]1CCCN1C(=O)c1ccccn1. The van der Waals surface area contributed by atoms with Crippen LogP contribution in [0.3, 0.4) is 0 Å². The maximum Gasteiger partial charge on any atom is 0.273 e. The van der Waals surface area contributed by atoms with Crippen molar-refractivity contribution in [1.29, 1.82) is 0 Å². The second-order valence-corrected chi connectivity index (χ2v) is 4.93. The zero-order chi connectivity index (χ0) is 14.8. The van der Waals surface area contributed by atoms with Crippen molar-refractivity contribution in [1.82, 2.24) is 20.1 Å². The molecule has 0 radical (unpaired) electrons. The summed E-state index contributed by atoms with van der Waals surface area (Å²) in [5, 5.41) is 6.68. The molecule has 1 atom stereocenters. The second kappa shape index (κ2) is 5.35. The van der Waals surface area contributed by atoms with Gasteiger partial charge in [-0.25, -0.2) is 0 Å². The standard InChI is InChI=1S/C14H15N5O2/c15-13(20)9-8-17-18-12(9)11-5-3-7-19(11)14(21)10-4-1-2-6-16-10/h1-2,4,6,8,11H,3,5,7H2,(H2,15,20)(H,17,18)/t11-/m0/s1. The van der Waals surface area contributed by atoms with Crippen molar-refractivity contribution in [3.05, 3.63) is 47.5 Å². The van der Waals surface area contributed by atoms with Gasteiger partial charge in [-0.1, -0.05) is 6.07 Å². The first-order chi connectivity index (χ1) is 10.2. The summed E-state index contributed by atoms with van der Waals surface area (Å²) in [6.45, 7) is 0.622. The van der Waals surface area contributed by atoms with Gasteiger partial charge in [0, 0.05) is 12.7 Å². The van der Waals surface area contributed by atoms with Crippen LogP contribution in [0.15, 0.2) is 30.6 Å². The molecule has 2 aromatic rings. The van der Waals surface area contributed by atoms with E-state index in [9.17, 15) is 9.59 Å². The number of carbonyl (C=O) groups is 2. The fraction of sp³-hybridized carbons (Fsp3) is 0.286. The predicted molar refractivity (Wildman–Crippen MR) is 74.4 cm³/mol. The molecule has 3 N–H and O–H groups in total. The molecule has 0 aromatic carbocycles. The summed E-state index contributed by atoms with van der Waals surface area (Å²) in [6, 6.07) is 5.00. The third-order valence-corrected chi connectivity index (χ3v) is 3.67. The number of hydrogen-bond acceptors (Lipinski definition) is 4. The molecule has 108 valence electrons. The first-order valence-corrected chi connectivity index (χ1v) is 6.73. The Morgan fingerprint density at radius 2 is 2.24 bits per heavy atom. The van der Waals surface area contributed by atoms with Crippen LogP contribution in [0.1, 0.15) is 45.4 Å². The molecule has 3 heterocycles. The Bertz CT molecular complexity index is 667. The number of primary amides is 1. The highest BCUT2D eigenvalue weighted by Crippen LogP contribution is 2.33. The van der Waals surface area contributed by atoms with Gasteiger partial charge in [0.05, 0.1) is 23.5 Å². The van der Waals surface area contributed by atoms with Crippen LogP contribution in [-0.4, -0.2) is 38.4 Å². The van der Waals surface area contributed by atoms with E-state index in [1.165, 1.54) is 6.20 Å². The minimum atomic E-state index is -0.545. The van der Waals surface area contributed by atoms with Crippen LogP contribution in [0, 0.1) is 0 Å². The summed E-state index contributed by atoms with van der Waals surface area (Å²) in [6.07, 6.45) is 4.62. The van der Waals surface area contributed by atoms with Crippen LogP contribution in [-0.2, 0) is 0 Å². The van der Waals surface area contributed by atoms with Crippen molar-refractivity contribution in [2.24, 2.45) is 5.73 Å². The number of aromatic amines is 1. The molecule has 2 aromatic heterocycles. The summed E-state index contributed by atoms with van der Waals surface area (Å²) < 4.78 is 0. The zero-order valence-corrected chi connectivity index (χ0v) is 11.3. The number of amides is 2. The van der Waals surface area contributed by atoms with Crippen molar-refractivity contribution in [3.8, 4) is 0 Å². The fourth-order valence-corrected chi connectivity index (χ4v) is 2.69. The molecule has 1 aliphatic heterocycles. The van der Waals surface area contributed by atoms with E-state index in [1.54, 1.807) is 29.3 Å². The van der Waals surface area contributed by atoms with Crippen molar-refractivity contribution in [2.75, 3.05) is 6.54 Å². The Balaban J connectivity index is 1.91. The van der Waals surface area contributed by atoms with Crippen LogP contribution in [0.4, 0.5) is 0 Å². The highest BCUT2D eigenvalue weighted by Gasteiger charge is 2.34. The van der Waals surface area contributed by atoms with E-state index >= 15 is 0 Å². The molecule has 0 bridgehead atoms. The number of nitrogens with zero attached hydrogens (tertiary/aromatic N) is 3. The van der Waals surface area contributed by atoms with Gasteiger partial charge in [0.2, 0.25) is 0 Å². The van der Waals surface area contributed by atoms with Gasteiger partial charge in [0.25, 0.3) is 11.8 Å². The first kappa shape index (κ1) is 13.3. The van der Waals surface area contributed by atoms with Gasteiger partial charge in [0.1, 0.15) is 5.69 Å². The predicted octanol–water partition coefficient (Wildman–Crippen LogP) is 0.881. The quantitative estimate of drug-likeness (QED) is 0.873. The molecule has 0 saturated carbocycles. The minimum Gasteiger partial charge on any atom is -0.365 e. The van der Waals surface area contributed by atoms with Crippen LogP contribution < -0.4 is 5.73 Å². The number of nitrogens with one attached hydrogen (secondary N) is 1. The van der Waals surface area contributed by atoms with Gasteiger partial charge in [0.15, 0.2) is 0 Å². The van der Waals surface area contributed by atoms with Gasteiger partial charge < -0.3 is 10.6 Å². The number of aromatic nitrogens is 3. The zero-order valence-electron chi connectivity index (χ0n) is 11.3. The largest absolute Gasteiger partial charge is 0.365 e. The number of likely N-dealkylation sites (tertiary alicyclic amines) is 1. The lowest BCUT2D eigenvalue weighted by atomic mass is 10.1. The van der Waals surface area contributed by atoms with E-state index in [0.717, 1.165) is 12.8 Å². The van der Waals surface area contributed by atoms with Gasteiger partial charge in [-0.15, -0.1) is 0 Å². The normalized spacial score (nSPS) is 17.9. The molecule has 2 amide bonds. The lowest BCUT2D eigenvalue weighted by molar-refractivity contribution is 0.0724. The average molecular weight is 285 g/mol. The highest BCUT2D eigenvalue weighted by molar-refractivity contribution is 5.95. The molecule has 1 fully saturated rings. The van der Waals surface area contributed by atoms with Crippen molar-refractivity contribution in [2.45, 2.75) is 18.9 Å². The molecule has 0 unspecified atom stereocenters. The van der Waals surface area contributed by atoms with E-state index in [2.05, 4.69) is 15.2 Å². The Morgan fingerprint density at radius 3 is 2.95 bits per heavy atom. The first-order valence-electron chi connectivity index (χ1n) is 6.73. The number of nitrogens with two attached hydrogens (primary N) is 1. The Morgan fingerprint density at radius 1 is 1.38 bits per heavy atom. The Labute approximate surface area is 121 Å². The summed E-state index contributed by atoms with van der Waals surface area (Å²) in [4.78, 5) is 29.8. The lowest BCUT2D eigenvalue weighted by Crippen LogP contribution is -2.32. The minimum absolute atomic E-state index is 0.150. The third kappa shape index (κ3) is 2.37. The fourth-order valence-electron chi connectivity index (χ4n) is 2.69. The van der Waals surface area contributed by atoms with E-state index < -0.39 is 5.91 Å². The van der Waals surface area contributed by atoms with Crippen LogP contribution in [0.5, 0.6) is 0 Å². The van der Waals surface area contributed by atoms with E-state index in [4.69, 9.17) is 5.73 Å². The van der Waals surface area contributed by atoms with Gasteiger partial charge >= 0.3 is 0 Å². The molecule has 0 aliphatic carbocycles. The molecular formula is C14H15N5O2. The lowest BCUT2D eigenvalue weighted by Gasteiger charge is -2.24. The van der Waals surface area contributed by atoms with Gasteiger partial charge in [-0.3, -0.25) is 19.7 Å². The molecule has 1 saturated heterocycles. The number of hydrogen-bond donors (Lipinski definition) is 2. The van der Waals surface area contributed by atoms with Crippen LogP contribution in [0.25, 0.3) is 0 Å². The molecular weight excluding hydrogens is 270 g/mol. The number of H-pyrrole nitrogens is 1. The molecule has 7 nitrogen and oxygen atoms in total. The Hall–Kier alpha value is -2.70. The third-order valence-electron chi connectivity index (χ3n) is 3.67. The van der Waals surface area contributed by atoms with Crippen molar-refractivity contribution in [3.63, 3.8) is 0 Å². The maximum atomic E-state index is 12.5.